The Kier molecular flexibility index (Phi) is 5.15. The third-order valence-corrected chi connectivity index (χ3v) is 7.04. The molecule has 1 saturated heterocycles. The number of carbonyl (C=O) groups is 1. The lowest BCUT2D eigenvalue weighted by atomic mass is 9.97. The van der Waals surface area contributed by atoms with E-state index >= 15 is 0 Å². The number of nitrogens with zero attached hydrogens (tertiary/aromatic N) is 4. The van der Waals surface area contributed by atoms with E-state index in [1.165, 1.54) is 0 Å². The summed E-state index contributed by atoms with van der Waals surface area (Å²) in [6.07, 6.45) is 5.63. The van der Waals surface area contributed by atoms with Crippen LogP contribution < -0.4 is 0 Å². The second-order valence-electron chi connectivity index (χ2n) is 8.84. The largest absolute Gasteiger partial charge is 0.440 e. The van der Waals surface area contributed by atoms with E-state index in [2.05, 4.69) is 10.1 Å². The van der Waals surface area contributed by atoms with Crippen molar-refractivity contribution in [1.29, 1.82) is 0 Å². The molecule has 2 fully saturated rings. The summed E-state index contributed by atoms with van der Waals surface area (Å²) in [7, 11) is 0. The highest BCUT2D eigenvalue weighted by atomic mass is 35.5. The van der Waals surface area contributed by atoms with E-state index in [0.717, 1.165) is 48.2 Å². The molecule has 4 aromatic rings. The molecule has 1 atom stereocenters. The molecule has 0 N–H and O–H groups in total. The maximum absolute atomic E-state index is 13.7. The summed E-state index contributed by atoms with van der Waals surface area (Å²) in [6, 6.07) is 13.1. The summed E-state index contributed by atoms with van der Waals surface area (Å²) < 4.78 is 7.82. The first-order valence-corrected chi connectivity index (χ1v) is 12.0. The van der Waals surface area contributed by atoms with Gasteiger partial charge >= 0.3 is 0 Å². The van der Waals surface area contributed by atoms with Gasteiger partial charge in [-0.1, -0.05) is 35.3 Å². The minimum absolute atomic E-state index is 0.00838. The number of oxazole rings is 1. The van der Waals surface area contributed by atoms with Gasteiger partial charge in [0.05, 0.1) is 34.1 Å². The molecular weight excluding hydrogens is 459 g/mol. The van der Waals surface area contributed by atoms with E-state index < -0.39 is 0 Å². The Bertz CT molecular complexity index is 1320. The molecule has 8 heteroatoms. The van der Waals surface area contributed by atoms with Gasteiger partial charge in [-0.3, -0.25) is 4.79 Å². The number of likely N-dealkylation sites (tertiary alicyclic amines) is 1. The Balaban J connectivity index is 1.30. The molecule has 2 aromatic heterocycles. The topological polar surface area (TPSA) is 64.2 Å². The van der Waals surface area contributed by atoms with Crippen LogP contribution in [0.25, 0.3) is 16.8 Å². The fourth-order valence-electron chi connectivity index (χ4n) is 4.72. The first kappa shape index (κ1) is 20.8. The Morgan fingerprint density at radius 1 is 1.06 bits per heavy atom. The number of halogens is 2. The molecule has 1 unspecified atom stereocenters. The monoisotopic (exact) mass is 480 g/mol. The molecule has 168 valence electrons. The lowest BCUT2D eigenvalue weighted by Gasteiger charge is -2.31. The van der Waals surface area contributed by atoms with Crippen molar-refractivity contribution in [2.75, 3.05) is 13.1 Å². The Morgan fingerprint density at radius 2 is 1.91 bits per heavy atom. The SMILES string of the molecule is O=C(c1cnn(-c2ccc(Cl)cc2Cl)c1C1CC1)N1CCCC(c2nc3ccccc3o2)C1. The summed E-state index contributed by atoms with van der Waals surface area (Å²) in [4.78, 5) is 20.2. The predicted molar refractivity (Wildman–Crippen MR) is 127 cm³/mol. The fourth-order valence-corrected chi connectivity index (χ4v) is 5.20. The zero-order valence-corrected chi connectivity index (χ0v) is 19.4. The molecule has 2 aromatic carbocycles. The van der Waals surface area contributed by atoms with Gasteiger partial charge in [0.1, 0.15) is 5.52 Å². The highest BCUT2D eigenvalue weighted by Crippen LogP contribution is 2.43. The van der Waals surface area contributed by atoms with Crippen molar-refractivity contribution in [2.45, 2.75) is 37.5 Å². The first-order chi connectivity index (χ1) is 16.1. The number of benzene rings is 2. The van der Waals surface area contributed by atoms with Crippen molar-refractivity contribution < 1.29 is 9.21 Å². The van der Waals surface area contributed by atoms with Gasteiger partial charge in [-0.2, -0.15) is 5.10 Å². The lowest BCUT2D eigenvalue weighted by molar-refractivity contribution is 0.0697. The second-order valence-corrected chi connectivity index (χ2v) is 9.68. The van der Waals surface area contributed by atoms with Crippen molar-refractivity contribution in [1.82, 2.24) is 19.7 Å². The highest BCUT2D eigenvalue weighted by molar-refractivity contribution is 6.35. The third kappa shape index (κ3) is 3.81. The molecule has 33 heavy (non-hydrogen) atoms. The summed E-state index contributed by atoms with van der Waals surface area (Å²) in [6.45, 7) is 1.30. The first-order valence-electron chi connectivity index (χ1n) is 11.3. The number of hydrogen-bond acceptors (Lipinski definition) is 4. The summed E-state index contributed by atoms with van der Waals surface area (Å²) in [5.41, 5.74) is 3.97. The Morgan fingerprint density at radius 3 is 2.70 bits per heavy atom. The van der Waals surface area contributed by atoms with E-state index in [4.69, 9.17) is 27.6 Å². The minimum atomic E-state index is 0.00838. The third-order valence-electron chi connectivity index (χ3n) is 6.51. The van der Waals surface area contributed by atoms with Crippen LogP contribution in [-0.2, 0) is 0 Å². The van der Waals surface area contributed by atoms with Gasteiger partial charge in [0, 0.05) is 24.0 Å². The normalized spacial score (nSPS) is 18.7. The van der Waals surface area contributed by atoms with Crippen molar-refractivity contribution in [2.24, 2.45) is 0 Å². The number of rotatable bonds is 4. The maximum atomic E-state index is 13.7. The van der Waals surface area contributed by atoms with Crippen LogP contribution in [0.4, 0.5) is 0 Å². The van der Waals surface area contributed by atoms with Crippen LogP contribution in [-0.4, -0.2) is 38.7 Å². The molecule has 1 aliphatic heterocycles. The Hall–Kier alpha value is -2.83. The molecule has 1 aliphatic carbocycles. The van der Waals surface area contributed by atoms with Crippen LogP contribution >= 0.6 is 23.2 Å². The molecule has 0 bridgehead atoms. The fraction of sp³-hybridized carbons (Fsp3) is 0.320. The molecule has 0 radical (unpaired) electrons. The van der Waals surface area contributed by atoms with Gasteiger partial charge < -0.3 is 9.32 Å². The van der Waals surface area contributed by atoms with Crippen molar-refractivity contribution >= 4 is 40.2 Å². The standard InChI is InChI=1S/C25H22Cl2N4O2/c26-17-9-10-21(19(27)12-17)31-23(15-7-8-15)18(13-28-31)25(32)30-11-3-4-16(14-30)24-29-20-5-1-2-6-22(20)33-24/h1-2,5-6,9-10,12-13,15-16H,3-4,7-8,11,14H2. The molecule has 6 rings (SSSR count). The number of amides is 1. The number of piperidine rings is 1. The van der Waals surface area contributed by atoms with Gasteiger partial charge in [-0.15, -0.1) is 0 Å². The van der Waals surface area contributed by atoms with Gasteiger partial charge in [0.15, 0.2) is 11.5 Å². The molecule has 1 amide bonds. The number of fused-ring (bicyclic) bond motifs is 1. The van der Waals surface area contributed by atoms with Crippen molar-refractivity contribution in [3.05, 3.63) is 75.9 Å². The van der Waals surface area contributed by atoms with E-state index in [1.807, 2.05) is 39.9 Å². The van der Waals surface area contributed by atoms with E-state index in [1.54, 1.807) is 18.3 Å². The summed E-state index contributed by atoms with van der Waals surface area (Å²) in [5.74, 6) is 1.12. The van der Waals surface area contributed by atoms with Gasteiger partial charge in [0.25, 0.3) is 5.91 Å². The molecule has 0 spiro atoms. The number of carbonyl (C=O) groups excluding carboxylic acids is 1. The average Bonchev–Trinajstić information content (AvgIpc) is 3.41. The second kappa shape index (κ2) is 8.19. The molecule has 1 saturated carbocycles. The molecule has 6 nitrogen and oxygen atoms in total. The van der Waals surface area contributed by atoms with Gasteiger partial charge in [-0.05, 0) is 56.0 Å². The maximum Gasteiger partial charge on any atom is 0.257 e. The van der Waals surface area contributed by atoms with Crippen LogP contribution in [0, 0.1) is 0 Å². The van der Waals surface area contributed by atoms with Gasteiger partial charge in [0.2, 0.25) is 0 Å². The van der Waals surface area contributed by atoms with Crippen LogP contribution in [0.1, 0.15) is 59.5 Å². The van der Waals surface area contributed by atoms with Crippen molar-refractivity contribution in [3.63, 3.8) is 0 Å². The summed E-state index contributed by atoms with van der Waals surface area (Å²) >= 11 is 12.5. The zero-order valence-electron chi connectivity index (χ0n) is 17.9. The quantitative estimate of drug-likeness (QED) is 0.347. The Labute approximate surface area is 201 Å². The van der Waals surface area contributed by atoms with E-state index in [-0.39, 0.29) is 11.8 Å². The summed E-state index contributed by atoms with van der Waals surface area (Å²) in [5, 5.41) is 5.65. The average molecular weight is 481 g/mol. The number of para-hydroxylation sites is 2. The predicted octanol–water partition coefficient (Wildman–Crippen LogP) is 6.22. The molecule has 2 aliphatic rings. The van der Waals surface area contributed by atoms with Crippen LogP contribution in [0.15, 0.2) is 53.1 Å². The van der Waals surface area contributed by atoms with E-state index in [0.29, 0.717) is 40.5 Å². The minimum Gasteiger partial charge on any atom is -0.440 e. The number of hydrogen-bond donors (Lipinski definition) is 0. The zero-order chi connectivity index (χ0) is 22.5. The molecule has 3 heterocycles. The van der Waals surface area contributed by atoms with E-state index in [9.17, 15) is 4.79 Å². The number of aromatic nitrogens is 3. The van der Waals surface area contributed by atoms with Crippen LogP contribution in [0.2, 0.25) is 10.0 Å². The smallest absolute Gasteiger partial charge is 0.257 e. The van der Waals surface area contributed by atoms with Crippen LogP contribution in [0.3, 0.4) is 0 Å². The lowest BCUT2D eigenvalue weighted by Crippen LogP contribution is -2.39. The van der Waals surface area contributed by atoms with Crippen molar-refractivity contribution in [3.8, 4) is 5.69 Å². The van der Waals surface area contributed by atoms with Crippen LogP contribution in [0.5, 0.6) is 0 Å². The van der Waals surface area contributed by atoms with Gasteiger partial charge in [-0.25, -0.2) is 9.67 Å². The highest BCUT2D eigenvalue weighted by Gasteiger charge is 2.36. The molecular formula is C25H22Cl2N4O2.